The molecule has 1 aromatic rings. The predicted molar refractivity (Wildman–Crippen MR) is 71.8 cm³/mol. The molecule has 0 saturated heterocycles. The third kappa shape index (κ3) is 5.64. The summed E-state index contributed by atoms with van der Waals surface area (Å²) in [6.07, 6.45) is -2.03. The molecule has 0 fully saturated rings. The van der Waals surface area contributed by atoms with Crippen molar-refractivity contribution in [1.82, 2.24) is 5.32 Å². The summed E-state index contributed by atoms with van der Waals surface area (Å²) in [6, 6.07) is 5.71. The largest absolute Gasteiger partial charge is 0.416 e. The standard InChI is InChI=1S/C15H22F3N/c1-4-11(2)9-12(3)19-10-13-5-7-14(8-6-13)15(16,17)18/h5-8,11-12,19H,4,9-10H2,1-3H3. The quantitative estimate of drug-likeness (QED) is 0.797. The van der Waals surface area contributed by atoms with Crippen LogP contribution in [0.2, 0.25) is 0 Å². The molecule has 0 spiro atoms. The van der Waals surface area contributed by atoms with Crippen molar-refractivity contribution in [2.45, 2.75) is 52.4 Å². The molecule has 0 aliphatic rings. The van der Waals surface area contributed by atoms with Crippen LogP contribution >= 0.6 is 0 Å². The first kappa shape index (κ1) is 16.0. The van der Waals surface area contributed by atoms with E-state index < -0.39 is 11.7 Å². The second-order valence-electron chi connectivity index (χ2n) is 5.23. The van der Waals surface area contributed by atoms with Gasteiger partial charge in [0.05, 0.1) is 5.56 Å². The molecule has 2 unspecified atom stereocenters. The van der Waals surface area contributed by atoms with Gasteiger partial charge in [0, 0.05) is 12.6 Å². The Labute approximate surface area is 113 Å². The molecule has 1 N–H and O–H groups in total. The van der Waals surface area contributed by atoms with Gasteiger partial charge in [0.15, 0.2) is 0 Å². The Kier molecular flexibility index (Phi) is 5.85. The van der Waals surface area contributed by atoms with E-state index in [1.54, 1.807) is 0 Å². The summed E-state index contributed by atoms with van der Waals surface area (Å²) in [5.41, 5.74) is 0.285. The Morgan fingerprint density at radius 1 is 1.11 bits per heavy atom. The SMILES string of the molecule is CCC(C)CC(C)NCc1ccc(C(F)(F)F)cc1. The Morgan fingerprint density at radius 3 is 2.16 bits per heavy atom. The maximum absolute atomic E-state index is 12.4. The minimum atomic E-state index is -4.25. The van der Waals surface area contributed by atoms with Gasteiger partial charge in [-0.15, -0.1) is 0 Å². The number of hydrogen-bond donors (Lipinski definition) is 1. The van der Waals surface area contributed by atoms with Crippen molar-refractivity contribution in [2.75, 3.05) is 0 Å². The zero-order valence-corrected chi connectivity index (χ0v) is 11.7. The summed E-state index contributed by atoms with van der Waals surface area (Å²) in [4.78, 5) is 0. The van der Waals surface area contributed by atoms with Crippen molar-refractivity contribution in [2.24, 2.45) is 5.92 Å². The Hall–Kier alpha value is -1.03. The predicted octanol–water partition coefficient (Wildman–Crippen LogP) is 4.62. The van der Waals surface area contributed by atoms with Crippen molar-refractivity contribution >= 4 is 0 Å². The van der Waals surface area contributed by atoms with E-state index in [9.17, 15) is 13.2 Å². The highest BCUT2D eigenvalue weighted by atomic mass is 19.4. The lowest BCUT2D eigenvalue weighted by Gasteiger charge is -2.17. The monoisotopic (exact) mass is 273 g/mol. The third-order valence-electron chi connectivity index (χ3n) is 3.39. The van der Waals surface area contributed by atoms with Crippen molar-refractivity contribution in [3.05, 3.63) is 35.4 Å². The van der Waals surface area contributed by atoms with Gasteiger partial charge in [-0.2, -0.15) is 13.2 Å². The lowest BCUT2D eigenvalue weighted by atomic mass is 10.0. The number of nitrogens with one attached hydrogen (secondary N) is 1. The summed E-state index contributed by atoms with van der Waals surface area (Å²) in [6.45, 7) is 7.08. The Morgan fingerprint density at radius 2 is 1.68 bits per heavy atom. The summed E-state index contributed by atoms with van der Waals surface area (Å²) < 4.78 is 37.2. The van der Waals surface area contributed by atoms with E-state index in [4.69, 9.17) is 0 Å². The summed E-state index contributed by atoms with van der Waals surface area (Å²) in [7, 11) is 0. The maximum atomic E-state index is 12.4. The average molecular weight is 273 g/mol. The molecule has 1 nitrogen and oxygen atoms in total. The molecule has 0 heterocycles. The average Bonchev–Trinajstić information content (AvgIpc) is 2.35. The molecule has 0 aliphatic heterocycles. The fraction of sp³-hybridized carbons (Fsp3) is 0.600. The van der Waals surface area contributed by atoms with Crippen LogP contribution in [0.5, 0.6) is 0 Å². The van der Waals surface area contributed by atoms with Crippen LogP contribution in [0.3, 0.4) is 0 Å². The van der Waals surface area contributed by atoms with Crippen LogP contribution in [-0.4, -0.2) is 6.04 Å². The van der Waals surface area contributed by atoms with Crippen LogP contribution in [0.15, 0.2) is 24.3 Å². The Bertz CT molecular complexity index is 370. The van der Waals surface area contributed by atoms with Crippen LogP contribution in [-0.2, 0) is 12.7 Å². The first-order valence-electron chi connectivity index (χ1n) is 6.72. The third-order valence-corrected chi connectivity index (χ3v) is 3.39. The molecule has 1 rings (SSSR count). The van der Waals surface area contributed by atoms with Gasteiger partial charge in [-0.3, -0.25) is 0 Å². The van der Waals surface area contributed by atoms with E-state index in [2.05, 4.69) is 26.1 Å². The van der Waals surface area contributed by atoms with Crippen molar-refractivity contribution in [1.29, 1.82) is 0 Å². The molecule has 108 valence electrons. The molecule has 19 heavy (non-hydrogen) atoms. The summed E-state index contributed by atoms with van der Waals surface area (Å²) in [5, 5.41) is 3.34. The topological polar surface area (TPSA) is 12.0 Å². The first-order chi connectivity index (χ1) is 8.82. The van der Waals surface area contributed by atoms with E-state index in [1.807, 2.05) is 0 Å². The van der Waals surface area contributed by atoms with Crippen LogP contribution in [0.4, 0.5) is 13.2 Å². The first-order valence-corrected chi connectivity index (χ1v) is 6.72. The summed E-state index contributed by atoms with van der Waals surface area (Å²) in [5.74, 6) is 0.662. The van der Waals surface area contributed by atoms with Gasteiger partial charge in [-0.1, -0.05) is 32.4 Å². The molecule has 0 saturated carbocycles. The highest BCUT2D eigenvalue weighted by Crippen LogP contribution is 2.29. The second kappa shape index (κ2) is 6.94. The number of halogens is 3. The highest BCUT2D eigenvalue weighted by molar-refractivity contribution is 5.24. The molecule has 0 aromatic heterocycles. The highest BCUT2D eigenvalue weighted by Gasteiger charge is 2.29. The van der Waals surface area contributed by atoms with E-state index in [-0.39, 0.29) is 0 Å². The number of benzene rings is 1. The normalized spacial score (nSPS) is 15.3. The van der Waals surface area contributed by atoms with Gasteiger partial charge in [0.25, 0.3) is 0 Å². The molecule has 0 aliphatic carbocycles. The van der Waals surface area contributed by atoms with E-state index >= 15 is 0 Å². The zero-order chi connectivity index (χ0) is 14.5. The van der Waals surface area contributed by atoms with Crippen LogP contribution < -0.4 is 5.32 Å². The Balaban J connectivity index is 2.46. The fourth-order valence-corrected chi connectivity index (χ4v) is 1.96. The van der Waals surface area contributed by atoms with E-state index in [0.29, 0.717) is 18.5 Å². The van der Waals surface area contributed by atoms with Gasteiger partial charge in [0.2, 0.25) is 0 Å². The molecule has 0 bridgehead atoms. The minimum Gasteiger partial charge on any atom is -0.310 e. The minimum absolute atomic E-state index is 0.372. The van der Waals surface area contributed by atoms with Crippen molar-refractivity contribution in [3.8, 4) is 0 Å². The van der Waals surface area contributed by atoms with Crippen molar-refractivity contribution in [3.63, 3.8) is 0 Å². The molecular weight excluding hydrogens is 251 g/mol. The molecular formula is C15H22F3N. The molecule has 0 radical (unpaired) electrons. The van der Waals surface area contributed by atoms with Gasteiger partial charge < -0.3 is 5.32 Å². The smallest absolute Gasteiger partial charge is 0.310 e. The van der Waals surface area contributed by atoms with Gasteiger partial charge in [-0.05, 0) is 37.0 Å². The molecule has 4 heteroatoms. The fourth-order valence-electron chi connectivity index (χ4n) is 1.96. The zero-order valence-electron chi connectivity index (χ0n) is 11.7. The van der Waals surface area contributed by atoms with Crippen LogP contribution in [0.25, 0.3) is 0 Å². The van der Waals surface area contributed by atoms with Crippen molar-refractivity contribution < 1.29 is 13.2 Å². The van der Waals surface area contributed by atoms with Gasteiger partial charge >= 0.3 is 6.18 Å². The van der Waals surface area contributed by atoms with Crippen LogP contribution in [0.1, 0.15) is 44.7 Å². The van der Waals surface area contributed by atoms with E-state index in [0.717, 1.165) is 30.5 Å². The number of hydrogen-bond acceptors (Lipinski definition) is 1. The second-order valence-corrected chi connectivity index (χ2v) is 5.23. The van der Waals surface area contributed by atoms with Gasteiger partial charge in [-0.25, -0.2) is 0 Å². The lowest BCUT2D eigenvalue weighted by molar-refractivity contribution is -0.137. The molecule has 1 aromatic carbocycles. The summed E-state index contributed by atoms with van der Waals surface area (Å²) >= 11 is 0. The molecule has 2 atom stereocenters. The van der Waals surface area contributed by atoms with E-state index in [1.165, 1.54) is 12.1 Å². The maximum Gasteiger partial charge on any atom is 0.416 e. The number of rotatable bonds is 6. The van der Waals surface area contributed by atoms with Crippen LogP contribution in [0, 0.1) is 5.92 Å². The molecule has 0 amide bonds. The number of alkyl halides is 3. The lowest BCUT2D eigenvalue weighted by Crippen LogP contribution is -2.27. The van der Waals surface area contributed by atoms with Gasteiger partial charge in [0.1, 0.15) is 0 Å².